The van der Waals surface area contributed by atoms with E-state index >= 15 is 0 Å². The number of aryl methyl sites for hydroxylation is 1. The van der Waals surface area contributed by atoms with Crippen molar-refractivity contribution >= 4 is 0 Å². The number of rotatable bonds is 7. The van der Waals surface area contributed by atoms with Crippen LogP contribution in [0.25, 0.3) is 0 Å². The largest absolute Gasteiger partial charge is 0.339 e. The van der Waals surface area contributed by atoms with E-state index in [2.05, 4.69) is 53.6 Å². The average molecular weight is 273 g/mol. The number of nitrogens with one attached hydrogen (secondary N) is 1. The Bertz CT molecular complexity index is 509. The van der Waals surface area contributed by atoms with E-state index in [4.69, 9.17) is 4.52 Å². The Morgan fingerprint density at radius 1 is 1.20 bits per heavy atom. The molecule has 0 spiro atoms. The van der Waals surface area contributed by atoms with Gasteiger partial charge in [0.05, 0.1) is 5.92 Å². The first-order chi connectivity index (χ1) is 9.76. The Kier molecular flexibility index (Phi) is 5.30. The lowest BCUT2D eigenvalue weighted by atomic mass is 9.94. The van der Waals surface area contributed by atoms with Crippen molar-refractivity contribution in [1.29, 1.82) is 0 Å². The van der Waals surface area contributed by atoms with Crippen LogP contribution in [-0.2, 0) is 6.42 Å². The van der Waals surface area contributed by atoms with Crippen molar-refractivity contribution in [1.82, 2.24) is 15.5 Å². The first-order valence-electron chi connectivity index (χ1n) is 7.37. The predicted molar refractivity (Wildman–Crippen MR) is 79.6 cm³/mol. The average Bonchev–Trinajstić information content (AvgIpc) is 2.97. The molecule has 2 atom stereocenters. The van der Waals surface area contributed by atoms with E-state index in [9.17, 15) is 0 Å². The van der Waals surface area contributed by atoms with E-state index in [1.54, 1.807) is 0 Å². The summed E-state index contributed by atoms with van der Waals surface area (Å²) in [5.41, 5.74) is 1.25. The van der Waals surface area contributed by atoms with Gasteiger partial charge >= 0.3 is 0 Å². The highest BCUT2D eigenvalue weighted by molar-refractivity contribution is 5.22. The number of nitrogens with zero attached hydrogens (tertiary/aromatic N) is 2. The van der Waals surface area contributed by atoms with E-state index in [0.717, 1.165) is 25.2 Å². The zero-order chi connectivity index (χ0) is 14.4. The van der Waals surface area contributed by atoms with Crippen LogP contribution in [0, 0.1) is 0 Å². The second kappa shape index (κ2) is 7.20. The van der Waals surface area contributed by atoms with Crippen molar-refractivity contribution in [2.45, 2.75) is 45.6 Å². The fourth-order valence-electron chi connectivity index (χ4n) is 2.28. The topological polar surface area (TPSA) is 51.0 Å². The Labute approximate surface area is 120 Å². The minimum Gasteiger partial charge on any atom is -0.339 e. The van der Waals surface area contributed by atoms with Crippen LogP contribution in [0.5, 0.6) is 0 Å². The number of aromatic nitrogens is 2. The predicted octanol–water partition coefficient (Wildman–Crippen LogP) is 3.48. The number of benzene rings is 1. The van der Waals surface area contributed by atoms with Gasteiger partial charge in [0.15, 0.2) is 5.82 Å². The Morgan fingerprint density at radius 2 is 1.95 bits per heavy atom. The van der Waals surface area contributed by atoms with Gasteiger partial charge in [-0.15, -0.1) is 0 Å². The van der Waals surface area contributed by atoms with E-state index in [0.29, 0.717) is 5.89 Å². The van der Waals surface area contributed by atoms with Crippen LogP contribution in [0.4, 0.5) is 0 Å². The molecular weight excluding hydrogens is 250 g/mol. The summed E-state index contributed by atoms with van der Waals surface area (Å²) in [6.07, 6.45) is 1.90. The molecule has 108 valence electrons. The van der Waals surface area contributed by atoms with Gasteiger partial charge in [-0.3, -0.25) is 0 Å². The quantitative estimate of drug-likeness (QED) is 0.839. The van der Waals surface area contributed by atoms with Gasteiger partial charge in [0.2, 0.25) is 5.89 Å². The third-order valence-corrected chi connectivity index (χ3v) is 3.46. The summed E-state index contributed by atoms with van der Waals surface area (Å²) in [7, 11) is 0. The molecule has 4 nitrogen and oxygen atoms in total. The van der Waals surface area contributed by atoms with Gasteiger partial charge in [-0.05, 0) is 18.5 Å². The molecule has 0 bridgehead atoms. The Balaban J connectivity index is 2.21. The molecule has 1 heterocycles. The molecule has 4 heteroatoms. The summed E-state index contributed by atoms with van der Waals surface area (Å²) >= 11 is 0. The summed E-state index contributed by atoms with van der Waals surface area (Å²) in [5.74, 6) is 1.63. The first kappa shape index (κ1) is 14.7. The van der Waals surface area contributed by atoms with E-state index < -0.39 is 0 Å². The fourth-order valence-corrected chi connectivity index (χ4v) is 2.28. The lowest BCUT2D eigenvalue weighted by molar-refractivity contribution is 0.323. The molecule has 0 saturated carbocycles. The first-order valence-corrected chi connectivity index (χ1v) is 7.37. The van der Waals surface area contributed by atoms with Crippen molar-refractivity contribution in [2.24, 2.45) is 0 Å². The van der Waals surface area contributed by atoms with Crippen molar-refractivity contribution < 1.29 is 4.52 Å². The van der Waals surface area contributed by atoms with Gasteiger partial charge in [-0.1, -0.05) is 56.3 Å². The molecule has 0 aliphatic heterocycles. The second-order valence-electron chi connectivity index (χ2n) is 5.03. The highest BCUT2D eigenvalue weighted by atomic mass is 16.5. The molecule has 0 fully saturated rings. The molecule has 0 aliphatic rings. The third kappa shape index (κ3) is 3.45. The van der Waals surface area contributed by atoms with Crippen LogP contribution in [0.1, 0.15) is 56.4 Å². The molecule has 0 saturated heterocycles. The molecule has 2 aromatic rings. The molecule has 2 unspecified atom stereocenters. The van der Waals surface area contributed by atoms with Crippen molar-refractivity contribution in [3.05, 3.63) is 47.6 Å². The van der Waals surface area contributed by atoms with Gasteiger partial charge < -0.3 is 9.84 Å². The summed E-state index contributed by atoms with van der Waals surface area (Å²) in [6, 6.07) is 10.6. The monoisotopic (exact) mass is 273 g/mol. The lowest BCUT2D eigenvalue weighted by Crippen LogP contribution is -2.26. The smallest absolute Gasteiger partial charge is 0.231 e. The van der Waals surface area contributed by atoms with Crippen LogP contribution in [0.2, 0.25) is 0 Å². The molecule has 20 heavy (non-hydrogen) atoms. The Hall–Kier alpha value is -1.68. The molecular formula is C16H23N3O. The molecule has 0 amide bonds. The fraction of sp³-hybridized carbons (Fsp3) is 0.500. The van der Waals surface area contributed by atoms with Crippen LogP contribution in [0.3, 0.4) is 0 Å². The summed E-state index contributed by atoms with van der Waals surface area (Å²) in [6.45, 7) is 7.30. The van der Waals surface area contributed by atoms with E-state index in [1.165, 1.54) is 5.56 Å². The van der Waals surface area contributed by atoms with Crippen LogP contribution < -0.4 is 5.32 Å². The maximum Gasteiger partial charge on any atom is 0.231 e. The van der Waals surface area contributed by atoms with Crippen molar-refractivity contribution in [3.63, 3.8) is 0 Å². The van der Waals surface area contributed by atoms with Crippen molar-refractivity contribution in [3.8, 4) is 0 Å². The van der Waals surface area contributed by atoms with Gasteiger partial charge in [-0.25, -0.2) is 0 Å². The van der Waals surface area contributed by atoms with Gasteiger partial charge in [0.1, 0.15) is 0 Å². The maximum atomic E-state index is 5.40. The summed E-state index contributed by atoms with van der Waals surface area (Å²) in [4.78, 5) is 4.47. The number of hydrogen-bond acceptors (Lipinski definition) is 4. The second-order valence-corrected chi connectivity index (χ2v) is 5.03. The normalized spacial score (nSPS) is 14.2. The SMILES string of the molecule is CCCNC(c1ccccc1)C(C)c1nc(CC)no1. The number of hydrogen-bond donors (Lipinski definition) is 1. The van der Waals surface area contributed by atoms with Gasteiger partial charge in [-0.2, -0.15) is 4.98 Å². The molecule has 0 radical (unpaired) electrons. The van der Waals surface area contributed by atoms with Crippen LogP contribution >= 0.6 is 0 Å². The Morgan fingerprint density at radius 3 is 2.55 bits per heavy atom. The van der Waals surface area contributed by atoms with Crippen LogP contribution in [0.15, 0.2) is 34.9 Å². The lowest BCUT2D eigenvalue weighted by Gasteiger charge is -2.23. The highest BCUT2D eigenvalue weighted by Gasteiger charge is 2.24. The highest BCUT2D eigenvalue weighted by Crippen LogP contribution is 2.29. The molecule has 2 rings (SSSR count). The molecule has 1 aromatic heterocycles. The van der Waals surface area contributed by atoms with Crippen molar-refractivity contribution in [2.75, 3.05) is 6.54 Å². The maximum absolute atomic E-state index is 5.40. The van der Waals surface area contributed by atoms with Crippen LogP contribution in [-0.4, -0.2) is 16.7 Å². The van der Waals surface area contributed by atoms with Gasteiger partial charge in [0, 0.05) is 12.5 Å². The minimum absolute atomic E-state index is 0.150. The summed E-state index contributed by atoms with van der Waals surface area (Å²) in [5, 5.41) is 7.58. The summed E-state index contributed by atoms with van der Waals surface area (Å²) < 4.78 is 5.40. The zero-order valence-electron chi connectivity index (χ0n) is 12.5. The van der Waals surface area contributed by atoms with E-state index in [1.807, 2.05) is 13.0 Å². The zero-order valence-corrected chi connectivity index (χ0v) is 12.5. The van der Waals surface area contributed by atoms with E-state index in [-0.39, 0.29) is 12.0 Å². The van der Waals surface area contributed by atoms with Gasteiger partial charge in [0.25, 0.3) is 0 Å². The standard InChI is InChI=1S/C16H23N3O/c1-4-11-17-15(13-9-7-6-8-10-13)12(3)16-18-14(5-2)19-20-16/h6-10,12,15,17H,4-5,11H2,1-3H3. The molecule has 1 N–H and O–H groups in total. The molecule has 0 aliphatic carbocycles. The molecule has 1 aromatic carbocycles. The third-order valence-electron chi connectivity index (χ3n) is 3.46. The minimum atomic E-state index is 0.150.